The molecule has 0 unspecified atom stereocenters. The first-order chi connectivity index (χ1) is 10.2. The van der Waals surface area contributed by atoms with Crippen molar-refractivity contribution in [1.29, 1.82) is 0 Å². The normalized spacial score (nSPS) is 26.1. The van der Waals surface area contributed by atoms with Gasteiger partial charge in [0, 0.05) is 24.2 Å². The summed E-state index contributed by atoms with van der Waals surface area (Å²) in [5.74, 6) is 1.22. The maximum atomic E-state index is 13.0. The Hall–Kier alpha value is -1.35. The molecule has 1 aliphatic carbocycles. The van der Waals surface area contributed by atoms with E-state index < -0.39 is 0 Å². The van der Waals surface area contributed by atoms with Crippen LogP contribution in [-0.4, -0.2) is 25.0 Å². The average molecular weight is 286 g/mol. The fourth-order valence-electron chi connectivity index (χ4n) is 3.44. The van der Waals surface area contributed by atoms with Gasteiger partial charge in [-0.3, -0.25) is 4.79 Å². The third-order valence-corrected chi connectivity index (χ3v) is 4.97. The minimum absolute atomic E-state index is 0.182. The molecular weight excluding hydrogens is 260 g/mol. The first-order valence-corrected chi connectivity index (χ1v) is 8.34. The standard InChI is InChI=1S/C18H26N2O/c1-14-12-16(10-11-19-14)18(21)20(13-15-6-5-7-15)17-8-3-2-4-9-17/h2-4,8-9,14-16,19H,5-7,10-13H2,1H3/t14-,16-/m0/s1. The van der Waals surface area contributed by atoms with E-state index in [9.17, 15) is 4.79 Å². The smallest absolute Gasteiger partial charge is 0.230 e. The van der Waals surface area contributed by atoms with E-state index in [1.807, 2.05) is 18.2 Å². The second kappa shape index (κ2) is 6.61. The second-order valence-corrected chi connectivity index (χ2v) is 6.66. The fourth-order valence-corrected chi connectivity index (χ4v) is 3.44. The molecule has 1 amide bonds. The van der Waals surface area contributed by atoms with E-state index in [0.29, 0.717) is 17.9 Å². The molecule has 0 bridgehead atoms. The van der Waals surface area contributed by atoms with Crippen LogP contribution in [0.4, 0.5) is 5.69 Å². The van der Waals surface area contributed by atoms with E-state index >= 15 is 0 Å². The molecule has 1 aromatic carbocycles. The molecule has 21 heavy (non-hydrogen) atoms. The van der Waals surface area contributed by atoms with Gasteiger partial charge in [0.05, 0.1) is 0 Å². The van der Waals surface area contributed by atoms with Crippen molar-refractivity contribution in [3.8, 4) is 0 Å². The molecule has 1 saturated heterocycles. The van der Waals surface area contributed by atoms with Crippen LogP contribution in [-0.2, 0) is 4.79 Å². The first kappa shape index (κ1) is 14.6. The Labute approximate surface area is 127 Å². The van der Waals surface area contributed by atoms with Crippen LogP contribution in [0.15, 0.2) is 30.3 Å². The van der Waals surface area contributed by atoms with Crippen LogP contribution in [0.5, 0.6) is 0 Å². The zero-order chi connectivity index (χ0) is 14.7. The van der Waals surface area contributed by atoms with Crippen molar-refractivity contribution in [1.82, 2.24) is 5.32 Å². The lowest BCUT2D eigenvalue weighted by atomic mass is 9.84. The van der Waals surface area contributed by atoms with Crippen LogP contribution in [0.2, 0.25) is 0 Å². The van der Waals surface area contributed by atoms with Crippen molar-refractivity contribution in [2.75, 3.05) is 18.0 Å². The highest BCUT2D eigenvalue weighted by Gasteiger charge is 2.31. The minimum Gasteiger partial charge on any atom is -0.314 e. The largest absolute Gasteiger partial charge is 0.314 e. The van der Waals surface area contributed by atoms with Crippen LogP contribution in [0.25, 0.3) is 0 Å². The maximum absolute atomic E-state index is 13.0. The van der Waals surface area contributed by atoms with Crippen LogP contribution in [0.3, 0.4) is 0 Å². The van der Waals surface area contributed by atoms with E-state index in [1.165, 1.54) is 19.3 Å². The number of carbonyl (C=O) groups is 1. The maximum Gasteiger partial charge on any atom is 0.230 e. The van der Waals surface area contributed by atoms with Crippen LogP contribution in [0, 0.1) is 11.8 Å². The number of carbonyl (C=O) groups excluding carboxylic acids is 1. The molecule has 1 saturated carbocycles. The molecule has 1 heterocycles. The van der Waals surface area contributed by atoms with Crippen LogP contribution < -0.4 is 10.2 Å². The van der Waals surface area contributed by atoms with Gasteiger partial charge in [-0.1, -0.05) is 24.6 Å². The molecule has 2 aliphatic rings. The summed E-state index contributed by atoms with van der Waals surface area (Å²) in [5, 5.41) is 3.44. The number of para-hydroxylation sites is 1. The molecule has 114 valence electrons. The Morgan fingerprint density at radius 2 is 2.00 bits per heavy atom. The molecule has 3 nitrogen and oxygen atoms in total. The van der Waals surface area contributed by atoms with Crippen LogP contribution >= 0.6 is 0 Å². The van der Waals surface area contributed by atoms with Gasteiger partial charge in [-0.05, 0) is 57.2 Å². The number of anilines is 1. The van der Waals surface area contributed by atoms with Gasteiger partial charge >= 0.3 is 0 Å². The number of hydrogen-bond donors (Lipinski definition) is 1. The number of piperidine rings is 1. The molecule has 3 heteroatoms. The zero-order valence-electron chi connectivity index (χ0n) is 12.9. The van der Waals surface area contributed by atoms with Crippen molar-refractivity contribution < 1.29 is 4.79 Å². The summed E-state index contributed by atoms with van der Waals surface area (Å²) in [6.45, 7) is 4.04. The lowest BCUT2D eigenvalue weighted by Gasteiger charge is -2.36. The Morgan fingerprint density at radius 1 is 1.24 bits per heavy atom. The highest BCUT2D eigenvalue weighted by molar-refractivity contribution is 5.95. The summed E-state index contributed by atoms with van der Waals surface area (Å²) in [6, 6.07) is 10.7. The van der Waals surface area contributed by atoms with E-state index in [0.717, 1.165) is 31.6 Å². The Morgan fingerprint density at radius 3 is 2.62 bits per heavy atom. The van der Waals surface area contributed by atoms with Gasteiger partial charge in [0.2, 0.25) is 5.91 Å². The zero-order valence-corrected chi connectivity index (χ0v) is 12.9. The molecule has 2 atom stereocenters. The molecule has 1 aliphatic heterocycles. The summed E-state index contributed by atoms with van der Waals surface area (Å²) in [6.07, 6.45) is 5.81. The lowest BCUT2D eigenvalue weighted by Crippen LogP contribution is -2.46. The number of amides is 1. The van der Waals surface area contributed by atoms with E-state index in [2.05, 4.69) is 29.3 Å². The SMILES string of the molecule is C[C@H]1C[C@@H](C(=O)N(CC2CCC2)c2ccccc2)CCN1. The topological polar surface area (TPSA) is 32.3 Å². The van der Waals surface area contributed by atoms with Gasteiger partial charge in [0.1, 0.15) is 0 Å². The molecule has 3 rings (SSSR count). The number of nitrogens with one attached hydrogen (secondary N) is 1. The predicted octanol–water partition coefficient (Wildman–Crippen LogP) is 3.21. The Bertz CT molecular complexity index is 469. The highest BCUT2D eigenvalue weighted by atomic mass is 16.2. The Balaban J connectivity index is 1.75. The van der Waals surface area contributed by atoms with E-state index in [1.54, 1.807) is 0 Å². The number of hydrogen-bond acceptors (Lipinski definition) is 2. The van der Waals surface area contributed by atoms with Gasteiger partial charge in [-0.15, -0.1) is 0 Å². The molecule has 2 fully saturated rings. The summed E-state index contributed by atoms with van der Waals surface area (Å²) >= 11 is 0. The monoisotopic (exact) mass is 286 g/mol. The number of rotatable bonds is 4. The van der Waals surface area contributed by atoms with Crippen molar-refractivity contribution >= 4 is 11.6 Å². The summed E-state index contributed by atoms with van der Waals surface area (Å²) in [7, 11) is 0. The third kappa shape index (κ3) is 3.46. The van der Waals surface area contributed by atoms with Gasteiger partial charge in [-0.25, -0.2) is 0 Å². The van der Waals surface area contributed by atoms with Crippen molar-refractivity contribution in [3.63, 3.8) is 0 Å². The summed E-state index contributed by atoms with van der Waals surface area (Å²) in [5.41, 5.74) is 1.07. The molecular formula is C18H26N2O. The van der Waals surface area contributed by atoms with Crippen LogP contribution in [0.1, 0.15) is 39.0 Å². The van der Waals surface area contributed by atoms with E-state index in [-0.39, 0.29) is 5.92 Å². The Kier molecular flexibility index (Phi) is 4.59. The summed E-state index contributed by atoms with van der Waals surface area (Å²) in [4.78, 5) is 15.1. The highest BCUT2D eigenvalue weighted by Crippen LogP contribution is 2.31. The third-order valence-electron chi connectivity index (χ3n) is 4.97. The van der Waals surface area contributed by atoms with Crippen molar-refractivity contribution in [3.05, 3.63) is 30.3 Å². The molecule has 0 radical (unpaired) electrons. The number of nitrogens with zero attached hydrogens (tertiary/aromatic N) is 1. The van der Waals surface area contributed by atoms with Crippen molar-refractivity contribution in [2.45, 2.75) is 45.1 Å². The molecule has 0 spiro atoms. The number of benzene rings is 1. The minimum atomic E-state index is 0.182. The molecule has 1 aromatic rings. The van der Waals surface area contributed by atoms with Gasteiger partial charge < -0.3 is 10.2 Å². The lowest BCUT2D eigenvalue weighted by molar-refractivity contribution is -0.123. The quantitative estimate of drug-likeness (QED) is 0.922. The average Bonchev–Trinajstić information content (AvgIpc) is 2.46. The fraction of sp³-hybridized carbons (Fsp3) is 0.611. The van der Waals surface area contributed by atoms with Gasteiger partial charge in [0.15, 0.2) is 0 Å². The second-order valence-electron chi connectivity index (χ2n) is 6.66. The molecule has 1 N–H and O–H groups in total. The van der Waals surface area contributed by atoms with E-state index in [4.69, 9.17) is 0 Å². The van der Waals surface area contributed by atoms with Gasteiger partial charge in [0.25, 0.3) is 0 Å². The summed E-state index contributed by atoms with van der Waals surface area (Å²) < 4.78 is 0. The molecule has 0 aromatic heterocycles. The predicted molar refractivity (Wildman–Crippen MR) is 86.3 cm³/mol. The van der Waals surface area contributed by atoms with Gasteiger partial charge in [-0.2, -0.15) is 0 Å². The first-order valence-electron chi connectivity index (χ1n) is 8.34. The van der Waals surface area contributed by atoms with Crippen molar-refractivity contribution in [2.24, 2.45) is 11.8 Å².